The van der Waals surface area contributed by atoms with Crippen molar-refractivity contribution in [3.63, 3.8) is 0 Å². The number of hydrogen-bond acceptors (Lipinski definition) is 6. The molecule has 0 spiro atoms. The van der Waals surface area contributed by atoms with Crippen molar-refractivity contribution in [3.8, 4) is 10.7 Å². The zero-order valence-electron chi connectivity index (χ0n) is 13.3. The molecule has 0 aliphatic rings. The van der Waals surface area contributed by atoms with Crippen LogP contribution in [-0.2, 0) is 7.05 Å². The number of fused-ring (bicyclic) bond motifs is 1. The monoisotopic (exact) mass is 336 g/mol. The van der Waals surface area contributed by atoms with Gasteiger partial charge in [0.1, 0.15) is 12.1 Å². The van der Waals surface area contributed by atoms with Crippen LogP contribution in [0.3, 0.4) is 0 Å². The molecule has 1 atom stereocenters. The third-order valence-electron chi connectivity index (χ3n) is 3.83. The van der Waals surface area contributed by atoms with Crippen molar-refractivity contribution in [2.45, 2.75) is 13.0 Å². The Kier molecular flexibility index (Phi) is 3.70. The Hall–Kier alpha value is -2.80. The number of aromatic nitrogens is 5. The molecule has 0 aliphatic heterocycles. The molecule has 24 heavy (non-hydrogen) atoms. The van der Waals surface area contributed by atoms with E-state index in [1.54, 1.807) is 17.7 Å². The van der Waals surface area contributed by atoms with Crippen LogP contribution in [0.25, 0.3) is 21.6 Å². The topological polar surface area (TPSA) is 68.5 Å². The fourth-order valence-corrected chi connectivity index (χ4v) is 3.31. The van der Waals surface area contributed by atoms with Gasteiger partial charge in [0, 0.05) is 12.4 Å². The van der Waals surface area contributed by atoms with Crippen molar-refractivity contribution in [1.29, 1.82) is 0 Å². The maximum atomic E-state index is 4.75. The van der Waals surface area contributed by atoms with Gasteiger partial charge in [0.15, 0.2) is 11.6 Å². The van der Waals surface area contributed by atoms with Gasteiger partial charge in [-0.25, -0.2) is 9.97 Å². The van der Waals surface area contributed by atoms with Gasteiger partial charge in [-0.05, 0) is 30.5 Å². The number of rotatable bonds is 4. The summed E-state index contributed by atoms with van der Waals surface area (Å²) < 4.78 is 1.90. The van der Waals surface area contributed by atoms with Crippen molar-refractivity contribution >= 4 is 28.1 Å². The van der Waals surface area contributed by atoms with Crippen LogP contribution in [0.15, 0.2) is 48.1 Å². The minimum Gasteiger partial charge on any atom is -0.360 e. The van der Waals surface area contributed by atoms with Crippen LogP contribution >= 0.6 is 11.3 Å². The van der Waals surface area contributed by atoms with Gasteiger partial charge in [-0.3, -0.25) is 0 Å². The van der Waals surface area contributed by atoms with Gasteiger partial charge in [-0.2, -0.15) is 0 Å². The summed E-state index contributed by atoms with van der Waals surface area (Å²) in [7, 11) is 1.93. The molecule has 0 saturated heterocycles. The van der Waals surface area contributed by atoms with Crippen molar-refractivity contribution < 1.29 is 0 Å². The molecule has 1 unspecified atom stereocenters. The molecule has 4 aromatic rings. The number of nitrogens with zero attached hydrogens (tertiary/aromatic N) is 5. The summed E-state index contributed by atoms with van der Waals surface area (Å²) in [5.74, 6) is 2.39. The molecule has 7 heteroatoms. The second kappa shape index (κ2) is 6.01. The highest BCUT2D eigenvalue weighted by atomic mass is 32.1. The van der Waals surface area contributed by atoms with E-state index in [1.807, 2.05) is 60.3 Å². The number of anilines is 1. The molecule has 1 N–H and O–H groups in total. The van der Waals surface area contributed by atoms with Crippen LogP contribution in [0.1, 0.15) is 18.8 Å². The van der Waals surface area contributed by atoms with Gasteiger partial charge in [0.05, 0.1) is 16.4 Å². The van der Waals surface area contributed by atoms with E-state index < -0.39 is 0 Å². The van der Waals surface area contributed by atoms with Crippen LogP contribution in [0.4, 0.5) is 5.82 Å². The number of para-hydroxylation sites is 1. The van der Waals surface area contributed by atoms with Crippen molar-refractivity contribution in [1.82, 2.24) is 24.7 Å². The third kappa shape index (κ3) is 2.63. The van der Waals surface area contributed by atoms with E-state index in [0.717, 1.165) is 33.2 Å². The highest BCUT2D eigenvalue weighted by Gasteiger charge is 2.15. The summed E-state index contributed by atoms with van der Waals surface area (Å²) >= 11 is 1.63. The van der Waals surface area contributed by atoms with E-state index in [4.69, 9.17) is 9.97 Å². The standard InChI is InChI=1S/C17H16N6S/c1-11(17-22-18-10-23(17)2)19-15-12-6-3-4-7-13(12)20-16(21-15)14-8-5-9-24-14/h3-11H,1-2H3,(H,19,20,21). The molecule has 0 aliphatic carbocycles. The second-order valence-electron chi connectivity index (χ2n) is 5.56. The summed E-state index contributed by atoms with van der Waals surface area (Å²) in [6.45, 7) is 2.05. The van der Waals surface area contributed by atoms with Crippen LogP contribution in [0.2, 0.25) is 0 Å². The Labute approximate surface area is 143 Å². The van der Waals surface area contributed by atoms with Crippen molar-refractivity contribution in [2.75, 3.05) is 5.32 Å². The SMILES string of the molecule is CC(Nc1nc(-c2cccs2)nc2ccccc12)c1nncn1C. The molecule has 4 rings (SSSR count). The lowest BCUT2D eigenvalue weighted by atomic mass is 10.2. The van der Waals surface area contributed by atoms with Gasteiger partial charge in [-0.15, -0.1) is 21.5 Å². The Bertz CT molecular complexity index is 976. The van der Waals surface area contributed by atoms with Gasteiger partial charge in [0.25, 0.3) is 0 Å². The smallest absolute Gasteiger partial charge is 0.172 e. The zero-order valence-corrected chi connectivity index (χ0v) is 14.2. The number of hydrogen-bond donors (Lipinski definition) is 1. The normalized spacial score (nSPS) is 12.4. The van der Waals surface area contributed by atoms with Gasteiger partial charge in [-0.1, -0.05) is 18.2 Å². The first kappa shape index (κ1) is 14.8. The van der Waals surface area contributed by atoms with Gasteiger partial charge in [0.2, 0.25) is 0 Å². The van der Waals surface area contributed by atoms with E-state index in [9.17, 15) is 0 Å². The van der Waals surface area contributed by atoms with Gasteiger partial charge < -0.3 is 9.88 Å². The average Bonchev–Trinajstić information content (AvgIpc) is 3.26. The molecular weight excluding hydrogens is 320 g/mol. The molecule has 0 bridgehead atoms. The fraction of sp³-hybridized carbons (Fsp3) is 0.176. The van der Waals surface area contributed by atoms with Crippen LogP contribution < -0.4 is 5.32 Å². The predicted octanol–water partition coefficient (Wildman–Crippen LogP) is 3.66. The molecule has 0 amide bonds. The average molecular weight is 336 g/mol. The lowest BCUT2D eigenvalue weighted by Gasteiger charge is -2.16. The molecule has 0 saturated carbocycles. The largest absolute Gasteiger partial charge is 0.360 e. The van der Waals surface area contributed by atoms with Crippen LogP contribution in [0.5, 0.6) is 0 Å². The molecule has 1 aromatic carbocycles. The minimum absolute atomic E-state index is 0.0213. The van der Waals surface area contributed by atoms with Crippen LogP contribution in [-0.4, -0.2) is 24.7 Å². The maximum absolute atomic E-state index is 4.75. The second-order valence-corrected chi connectivity index (χ2v) is 6.50. The third-order valence-corrected chi connectivity index (χ3v) is 4.70. The Morgan fingerprint density at radius 2 is 2.00 bits per heavy atom. The number of thiophene rings is 1. The Morgan fingerprint density at radius 3 is 2.75 bits per heavy atom. The molecule has 6 nitrogen and oxygen atoms in total. The summed E-state index contributed by atoms with van der Waals surface area (Å²) in [6.07, 6.45) is 1.70. The van der Waals surface area contributed by atoms with E-state index in [-0.39, 0.29) is 6.04 Å². The molecule has 0 radical (unpaired) electrons. The lowest BCUT2D eigenvalue weighted by molar-refractivity contribution is 0.717. The number of aryl methyl sites for hydroxylation is 1. The first-order valence-corrected chi connectivity index (χ1v) is 8.51. The van der Waals surface area contributed by atoms with Gasteiger partial charge >= 0.3 is 0 Å². The number of nitrogens with one attached hydrogen (secondary N) is 1. The Morgan fingerprint density at radius 1 is 1.12 bits per heavy atom. The minimum atomic E-state index is -0.0213. The van der Waals surface area contributed by atoms with E-state index in [0.29, 0.717) is 0 Å². The maximum Gasteiger partial charge on any atom is 0.172 e. The predicted molar refractivity (Wildman–Crippen MR) is 95.9 cm³/mol. The molecule has 120 valence electrons. The highest BCUT2D eigenvalue weighted by molar-refractivity contribution is 7.13. The molecule has 3 heterocycles. The molecular formula is C17H16N6S. The summed E-state index contributed by atoms with van der Waals surface area (Å²) in [5, 5.41) is 14.6. The van der Waals surface area contributed by atoms with Crippen molar-refractivity contribution in [2.24, 2.45) is 7.05 Å². The van der Waals surface area contributed by atoms with Crippen LogP contribution in [0, 0.1) is 0 Å². The van der Waals surface area contributed by atoms with Crippen molar-refractivity contribution in [3.05, 3.63) is 53.9 Å². The lowest BCUT2D eigenvalue weighted by Crippen LogP contribution is -2.13. The van der Waals surface area contributed by atoms with E-state index in [2.05, 4.69) is 15.5 Å². The zero-order chi connectivity index (χ0) is 16.5. The summed E-state index contributed by atoms with van der Waals surface area (Å²) in [5.41, 5.74) is 0.920. The summed E-state index contributed by atoms with van der Waals surface area (Å²) in [4.78, 5) is 10.5. The first-order valence-electron chi connectivity index (χ1n) is 7.63. The molecule has 3 aromatic heterocycles. The first-order chi connectivity index (χ1) is 11.7. The van der Waals surface area contributed by atoms with E-state index in [1.165, 1.54) is 0 Å². The summed E-state index contributed by atoms with van der Waals surface area (Å²) in [6, 6.07) is 12.0. The van der Waals surface area contributed by atoms with E-state index >= 15 is 0 Å². The number of benzene rings is 1. The highest BCUT2D eigenvalue weighted by Crippen LogP contribution is 2.29. The Balaban J connectivity index is 1.80. The fourth-order valence-electron chi connectivity index (χ4n) is 2.66. The quantitative estimate of drug-likeness (QED) is 0.616. The molecule has 0 fully saturated rings.